The number of unbranched alkanes of at least 4 members (excludes halogenated alkanes) is 4. The predicted molar refractivity (Wildman–Crippen MR) is 288 cm³/mol. The maximum atomic E-state index is 12.6. The van der Waals surface area contributed by atoms with Gasteiger partial charge >= 0.3 is 0 Å². The summed E-state index contributed by atoms with van der Waals surface area (Å²) in [6.07, 6.45) is 15.0. The first kappa shape index (κ1) is 48.0. The van der Waals surface area contributed by atoms with E-state index in [9.17, 15) is 9.59 Å². The summed E-state index contributed by atoms with van der Waals surface area (Å²) in [5.41, 5.74) is 10.9. The number of ether oxygens (including phenoxy) is 3. The van der Waals surface area contributed by atoms with E-state index in [0.717, 1.165) is 111 Å². The van der Waals surface area contributed by atoms with Gasteiger partial charge in [-0.15, -0.1) is 11.8 Å². The Hall–Kier alpha value is -5.31. The molecule has 5 aromatic rings. The van der Waals surface area contributed by atoms with Crippen LogP contribution in [0, 0.1) is 0 Å². The minimum Gasteiger partial charge on any atom is -0.485 e. The van der Waals surface area contributed by atoms with Gasteiger partial charge in [-0.3, -0.25) is 9.59 Å². The summed E-state index contributed by atoms with van der Waals surface area (Å²) >= 11 is 16.4. The second-order valence-electron chi connectivity index (χ2n) is 18.8. The van der Waals surface area contributed by atoms with Crippen LogP contribution in [0.2, 0.25) is 10.0 Å². The number of pyridine rings is 1. The molecule has 0 bridgehead atoms. The van der Waals surface area contributed by atoms with E-state index < -0.39 is 0 Å². The van der Waals surface area contributed by atoms with Gasteiger partial charge in [-0.2, -0.15) is 4.57 Å². The molecule has 7 heterocycles. The van der Waals surface area contributed by atoms with Crippen LogP contribution in [-0.2, 0) is 20.9 Å². The number of nitrogens with one attached hydrogen (secondary N) is 3. The average Bonchev–Trinajstić information content (AvgIpc) is 3.78. The molecule has 11 nitrogen and oxygen atoms in total. The molecule has 0 spiro atoms. The largest absolute Gasteiger partial charge is 0.485 e. The SMILES string of the molecule is O=C(CCCCCN1C=CC2=C3CSc4ccc(Cl)cc4NCCC3Oc3cccc1c32)NCCOCCNC(=O)CCCCC[n+]1ccc2c3c(cccc31)OC1CCN3C(=C21)Sc1ccc(Cl)cc13. The second-order valence-corrected chi connectivity index (χ2v) is 21.8. The normalized spacial score (nSPS) is 18.1. The molecule has 2 atom stereocenters. The summed E-state index contributed by atoms with van der Waals surface area (Å²) in [5, 5.41) is 13.4. The third-order valence-corrected chi connectivity index (χ3v) is 17.0. The smallest absolute Gasteiger partial charge is 0.220 e. The van der Waals surface area contributed by atoms with Gasteiger partial charge < -0.3 is 40.0 Å². The van der Waals surface area contributed by atoms with Crippen molar-refractivity contribution in [2.45, 2.75) is 92.8 Å². The van der Waals surface area contributed by atoms with Gasteiger partial charge in [-0.25, -0.2) is 0 Å². The highest BCUT2D eigenvalue weighted by Crippen LogP contribution is 2.55. The molecule has 2 amide bonds. The zero-order chi connectivity index (χ0) is 48.3. The lowest BCUT2D eigenvalue weighted by atomic mass is 9.89. The van der Waals surface area contributed by atoms with E-state index in [-0.39, 0.29) is 24.0 Å². The molecule has 0 aliphatic carbocycles. The molecule has 0 saturated carbocycles. The first-order valence-corrected chi connectivity index (χ1v) is 27.8. The number of thioether (sulfide) groups is 2. The standard InChI is InChI=1S/C56H58Cl2N6O5S2/c57-36-15-17-49-41(33-36)59-23-19-45-40(35-70-49)38-20-28-62(42-9-7-11-46(68-45)53(38)42)26-5-1-3-13-51(65)60-24-31-67-32-25-61-52(66)14-4-2-6-27-63-29-21-39-54-43(63)10-8-12-47(54)69-48-22-30-64-44-34-37(58)16-18-50(44)71-56(64)55(39)48/h7-12,15-18,20-21,28-29,33-34,45,48,59H,1-6,13-14,19,22-27,30-32,35H2,(H-,60,61,65,66)/p+1. The lowest BCUT2D eigenvalue weighted by molar-refractivity contribution is -0.671. The van der Waals surface area contributed by atoms with Crippen LogP contribution in [0.25, 0.3) is 22.0 Å². The fourth-order valence-electron chi connectivity index (χ4n) is 10.7. The number of aryl methyl sites for hydroxylation is 1. The van der Waals surface area contributed by atoms with E-state index in [1.165, 1.54) is 64.9 Å². The number of aromatic nitrogens is 1. The summed E-state index contributed by atoms with van der Waals surface area (Å²) in [6.45, 7) is 5.15. The number of carbonyl (C=O) groups is 2. The van der Waals surface area contributed by atoms with Gasteiger partial charge in [0.1, 0.15) is 30.3 Å². The molecule has 0 saturated heterocycles. The van der Waals surface area contributed by atoms with Gasteiger partial charge in [0, 0.05) is 131 Å². The molecule has 6 aliphatic rings. The monoisotopic (exact) mass is 1030 g/mol. The molecule has 6 aliphatic heterocycles. The molecule has 4 aromatic carbocycles. The van der Waals surface area contributed by atoms with E-state index in [1.54, 1.807) is 0 Å². The number of halogens is 2. The number of fused-ring (bicyclic) bond motifs is 7. The molecular formula is C56H59Cl2N6O5S2+. The second kappa shape index (κ2) is 21.8. The highest BCUT2D eigenvalue weighted by molar-refractivity contribution is 8.04. The zero-order valence-electron chi connectivity index (χ0n) is 39.8. The summed E-state index contributed by atoms with van der Waals surface area (Å²) in [4.78, 5) is 32.3. The summed E-state index contributed by atoms with van der Waals surface area (Å²) < 4.78 is 21.4. The minimum absolute atomic E-state index is 0.0164. The lowest BCUT2D eigenvalue weighted by Gasteiger charge is -2.37. The van der Waals surface area contributed by atoms with E-state index in [2.05, 4.69) is 109 Å². The maximum Gasteiger partial charge on any atom is 0.220 e. The fraction of sp³-hybridized carbons (Fsp3) is 0.375. The molecule has 3 N–H and O–H groups in total. The molecule has 15 heteroatoms. The van der Waals surface area contributed by atoms with Crippen molar-refractivity contribution in [3.63, 3.8) is 0 Å². The van der Waals surface area contributed by atoms with Crippen molar-refractivity contribution in [1.82, 2.24) is 10.6 Å². The van der Waals surface area contributed by atoms with Gasteiger partial charge in [0.25, 0.3) is 0 Å². The summed E-state index contributed by atoms with van der Waals surface area (Å²) in [5.74, 6) is 2.83. The highest BCUT2D eigenvalue weighted by atomic mass is 35.5. The first-order chi connectivity index (χ1) is 34.9. The summed E-state index contributed by atoms with van der Waals surface area (Å²) in [6, 6.07) is 27.2. The van der Waals surface area contributed by atoms with Crippen molar-refractivity contribution in [3.8, 4) is 11.5 Å². The number of hydrogen-bond donors (Lipinski definition) is 3. The Labute approximate surface area is 434 Å². The molecule has 71 heavy (non-hydrogen) atoms. The van der Waals surface area contributed by atoms with Crippen LogP contribution in [-0.4, -0.2) is 75.7 Å². The third kappa shape index (κ3) is 10.4. The van der Waals surface area contributed by atoms with E-state index in [1.807, 2.05) is 41.7 Å². The number of nitrogens with zero attached hydrogens (tertiary/aromatic N) is 3. The molecule has 0 fully saturated rings. The van der Waals surface area contributed by atoms with Crippen LogP contribution in [0.1, 0.15) is 75.3 Å². The van der Waals surface area contributed by atoms with Gasteiger partial charge in [-0.05, 0) is 97.5 Å². The van der Waals surface area contributed by atoms with Crippen LogP contribution in [0.5, 0.6) is 11.5 Å². The number of hydrogen-bond acceptors (Lipinski definition) is 10. The van der Waals surface area contributed by atoms with Crippen molar-refractivity contribution in [2.75, 3.05) is 66.8 Å². The van der Waals surface area contributed by atoms with Crippen molar-refractivity contribution in [1.29, 1.82) is 0 Å². The third-order valence-electron chi connectivity index (χ3n) is 14.2. The Bertz CT molecular complexity index is 2960. The quantitative estimate of drug-likeness (QED) is 0.0580. The summed E-state index contributed by atoms with van der Waals surface area (Å²) in [7, 11) is 0. The Balaban J connectivity index is 0.554. The van der Waals surface area contributed by atoms with Crippen molar-refractivity contribution in [3.05, 3.63) is 129 Å². The zero-order valence-corrected chi connectivity index (χ0v) is 42.9. The Kier molecular flexibility index (Phi) is 14.7. The van der Waals surface area contributed by atoms with Crippen molar-refractivity contribution < 1.29 is 28.4 Å². The van der Waals surface area contributed by atoms with Crippen LogP contribution in [0.15, 0.2) is 118 Å². The Morgan fingerprint density at radius 1 is 0.803 bits per heavy atom. The van der Waals surface area contributed by atoms with Gasteiger partial charge in [0.05, 0.1) is 35.0 Å². The number of anilines is 3. The van der Waals surface area contributed by atoms with Crippen LogP contribution in [0.4, 0.5) is 17.1 Å². The molecular weight excluding hydrogens is 972 g/mol. The van der Waals surface area contributed by atoms with Gasteiger partial charge in [-0.1, -0.05) is 53.5 Å². The van der Waals surface area contributed by atoms with E-state index in [0.29, 0.717) is 39.1 Å². The Morgan fingerprint density at radius 2 is 1.56 bits per heavy atom. The van der Waals surface area contributed by atoms with Crippen LogP contribution < -0.4 is 39.8 Å². The number of amides is 2. The number of benzene rings is 4. The minimum atomic E-state index is 0.0164. The topological polar surface area (TPSA) is 108 Å². The number of carbonyl (C=O) groups excluding carboxylic acids is 2. The molecule has 0 radical (unpaired) electrons. The van der Waals surface area contributed by atoms with Crippen molar-refractivity contribution >= 4 is 97.7 Å². The molecule has 368 valence electrons. The molecule has 11 rings (SSSR count). The van der Waals surface area contributed by atoms with Crippen molar-refractivity contribution in [2.24, 2.45) is 0 Å². The highest BCUT2D eigenvalue weighted by Gasteiger charge is 2.41. The van der Waals surface area contributed by atoms with Crippen LogP contribution >= 0.6 is 46.7 Å². The average molecular weight is 1030 g/mol. The van der Waals surface area contributed by atoms with Gasteiger partial charge in [0.2, 0.25) is 17.3 Å². The van der Waals surface area contributed by atoms with E-state index in [4.69, 9.17) is 37.4 Å². The number of rotatable bonds is 18. The van der Waals surface area contributed by atoms with E-state index >= 15 is 0 Å². The van der Waals surface area contributed by atoms with Crippen LogP contribution in [0.3, 0.4) is 0 Å². The lowest BCUT2D eigenvalue weighted by Crippen LogP contribution is -2.38. The Morgan fingerprint density at radius 3 is 2.41 bits per heavy atom. The number of allylic oxidation sites excluding steroid dienone is 2. The first-order valence-electron chi connectivity index (χ1n) is 25.2. The molecule has 2 unspecified atom stereocenters. The maximum absolute atomic E-state index is 12.6. The predicted octanol–water partition coefficient (Wildman–Crippen LogP) is 11.4. The fourth-order valence-corrected chi connectivity index (χ4v) is 13.4. The molecule has 1 aromatic heterocycles. The van der Waals surface area contributed by atoms with Gasteiger partial charge in [0.15, 0.2) is 6.20 Å².